The maximum Gasteiger partial charge on any atom is 0.179 e. The van der Waals surface area contributed by atoms with Gasteiger partial charge >= 0.3 is 0 Å². The topological polar surface area (TPSA) is 4.93 Å². The van der Waals surface area contributed by atoms with Gasteiger partial charge in [-0.3, -0.25) is 0 Å². The third-order valence-corrected chi connectivity index (χ3v) is 17.7. The van der Waals surface area contributed by atoms with Crippen LogP contribution in [0.25, 0.3) is 69.9 Å². The molecule has 0 aliphatic carbocycles. The van der Waals surface area contributed by atoms with Crippen molar-refractivity contribution in [1.82, 2.24) is 4.57 Å². The molecule has 0 aliphatic rings. The lowest BCUT2D eigenvalue weighted by Gasteiger charge is -2.35. The van der Waals surface area contributed by atoms with E-state index in [-0.39, 0.29) is 0 Å². The maximum absolute atomic E-state index is 2.87. The summed E-state index contributed by atoms with van der Waals surface area (Å²) >= 11 is 1.90. The molecule has 0 amide bonds. The van der Waals surface area contributed by atoms with Gasteiger partial charge in [-0.25, -0.2) is 0 Å². The Morgan fingerprint density at radius 2 is 0.877 bits per heavy atom. The third-order valence-electron chi connectivity index (χ3n) is 11.7. The average molecular weight is 760 g/mol. The van der Waals surface area contributed by atoms with Crippen molar-refractivity contribution in [3.8, 4) is 27.9 Å². The van der Waals surface area contributed by atoms with Gasteiger partial charge in [-0.05, 0) is 85.5 Å². The molecule has 0 bridgehead atoms. The first-order valence-corrected chi connectivity index (χ1v) is 22.4. The number of rotatable bonds is 7. The lowest BCUT2D eigenvalue weighted by molar-refractivity contribution is 1.18. The number of para-hydroxylation sites is 2. The SMILES string of the molecule is c1ccc(-n2c3ccccc3c3cc(-c4cc(-c5cccc6c5sc5ccccc56)cc([Si](c5ccccc5)(c5ccccc5)c5ccccc5)c4)ccc32)cc1. The van der Waals surface area contributed by atoms with Gasteiger partial charge < -0.3 is 4.57 Å². The molecule has 0 atom stereocenters. The molecule has 2 aromatic heterocycles. The summed E-state index contributed by atoms with van der Waals surface area (Å²) < 4.78 is 5.05. The van der Waals surface area contributed by atoms with E-state index in [9.17, 15) is 0 Å². The molecule has 0 saturated carbocycles. The quantitative estimate of drug-likeness (QED) is 0.113. The average Bonchev–Trinajstić information content (AvgIpc) is 3.84. The Kier molecular flexibility index (Phi) is 8.09. The normalized spacial score (nSPS) is 11.9. The van der Waals surface area contributed by atoms with Gasteiger partial charge in [0, 0.05) is 36.6 Å². The molecule has 2 heterocycles. The Bertz CT molecular complexity index is 3120. The van der Waals surface area contributed by atoms with E-state index in [1.807, 2.05) is 11.3 Å². The fourth-order valence-electron chi connectivity index (χ4n) is 9.21. The van der Waals surface area contributed by atoms with Crippen molar-refractivity contribution in [2.75, 3.05) is 0 Å². The molecule has 11 rings (SSSR count). The minimum absolute atomic E-state index is 1.17. The van der Waals surface area contributed by atoms with Crippen molar-refractivity contribution >= 4 is 82.1 Å². The number of hydrogen-bond acceptors (Lipinski definition) is 1. The summed E-state index contributed by atoms with van der Waals surface area (Å²) in [7, 11) is -2.87. The number of nitrogens with zero attached hydrogens (tertiary/aromatic N) is 1. The van der Waals surface area contributed by atoms with Gasteiger partial charge in [0.05, 0.1) is 11.0 Å². The number of thiophene rings is 1. The Morgan fingerprint density at radius 1 is 0.333 bits per heavy atom. The first-order chi connectivity index (χ1) is 28.3. The lowest BCUT2D eigenvalue weighted by Crippen LogP contribution is -2.74. The highest BCUT2D eigenvalue weighted by Gasteiger charge is 2.42. The standard InChI is InChI=1S/C54H37NSSi/c1-5-18-41(19-6-1)55-51-30-15-13-26-47(51)50-37-38(32-33-52(50)55)39-34-40(46-28-17-29-49-48-27-14-16-31-53(48)56-54(46)49)36-45(35-39)57(42-20-7-2-8-21-42,43-22-9-3-10-23-43)44-24-11-4-12-25-44/h1-37H. The Labute approximate surface area is 337 Å². The van der Waals surface area contributed by atoms with Crippen LogP contribution in [0.5, 0.6) is 0 Å². The summed E-state index contributed by atoms with van der Waals surface area (Å²) in [4.78, 5) is 0. The van der Waals surface area contributed by atoms with E-state index in [4.69, 9.17) is 0 Å². The zero-order chi connectivity index (χ0) is 37.8. The summed E-state index contributed by atoms with van der Waals surface area (Å²) in [6.07, 6.45) is 0. The molecule has 0 aliphatic heterocycles. The zero-order valence-corrected chi connectivity index (χ0v) is 33.0. The second-order valence-electron chi connectivity index (χ2n) is 14.8. The highest BCUT2D eigenvalue weighted by molar-refractivity contribution is 7.26. The van der Waals surface area contributed by atoms with Gasteiger partial charge in [-0.2, -0.15) is 0 Å². The first-order valence-electron chi connectivity index (χ1n) is 19.6. The molecule has 1 nitrogen and oxygen atoms in total. The van der Waals surface area contributed by atoms with E-state index in [0.29, 0.717) is 0 Å². The highest BCUT2D eigenvalue weighted by Crippen LogP contribution is 2.41. The van der Waals surface area contributed by atoms with Crippen molar-refractivity contribution in [3.63, 3.8) is 0 Å². The fourth-order valence-corrected chi connectivity index (χ4v) is 15.3. The molecule has 0 spiro atoms. The van der Waals surface area contributed by atoms with Gasteiger partial charge in [-0.1, -0.05) is 182 Å². The van der Waals surface area contributed by atoms with Crippen molar-refractivity contribution in [1.29, 1.82) is 0 Å². The number of hydrogen-bond donors (Lipinski definition) is 0. The molecule has 3 heteroatoms. The van der Waals surface area contributed by atoms with E-state index in [2.05, 4.69) is 229 Å². The van der Waals surface area contributed by atoms with Crippen LogP contribution in [0.4, 0.5) is 0 Å². The molecule has 0 saturated heterocycles. The largest absolute Gasteiger partial charge is 0.309 e. The molecule has 268 valence electrons. The van der Waals surface area contributed by atoms with Gasteiger partial charge in [-0.15, -0.1) is 11.3 Å². The minimum Gasteiger partial charge on any atom is -0.309 e. The fraction of sp³-hybridized carbons (Fsp3) is 0. The molecule has 0 radical (unpaired) electrons. The van der Waals surface area contributed by atoms with Crippen LogP contribution in [0.15, 0.2) is 224 Å². The second kappa shape index (κ2) is 13.8. The number of benzene rings is 9. The first kappa shape index (κ1) is 33.5. The van der Waals surface area contributed by atoms with Crippen LogP contribution in [0.3, 0.4) is 0 Å². The molecular weight excluding hydrogens is 723 g/mol. The van der Waals surface area contributed by atoms with Gasteiger partial charge in [0.1, 0.15) is 0 Å². The summed E-state index contributed by atoms with van der Waals surface area (Å²) in [5.41, 5.74) is 8.54. The maximum atomic E-state index is 2.53. The second-order valence-corrected chi connectivity index (χ2v) is 19.7. The number of fused-ring (bicyclic) bond motifs is 6. The van der Waals surface area contributed by atoms with E-state index < -0.39 is 8.07 Å². The van der Waals surface area contributed by atoms with Crippen LogP contribution in [0, 0.1) is 0 Å². The van der Waals surface area contributed by atoms with Crippen LogP contribution in [0.1, 0.15) is 0 Å². The van der Waals surface area contributed by atoms with Crippen LogP contribution in [0.2, 0.25) is 0 Å². The zero-order valence-electron chi connectivity index (χ0n) is 31.2. The van der Waals surface area contributed by atoms with Gasteiger partial charge in [0.25, 0.3) is 0 Å². The summed E-state index contributed by atoms with van der Waals surface area (Å²) in [5.74, 6) is 0. The molecule has 57 heavy (non-hydrogen) atoms. The molecule has 0 unspecified atom stereocenters. The highest BCUT2D eigenvalue weighted by atomic mass is 32.1. The van der Waals surface area contributed by atoms with Crippen LogP contribution in [-0.4, -0.2) is 12.6 Å². The third kappa shape index (κ3) is 5.43. The molecule has 9 aromatic carbocycles. The summed E-state index contributed by atoms with van der Waals surface area (Å²) in [6.45, 7) is 0. The molecule has 0 fully saturated rings. The van der Waals surface area contributed by atoms with Crippen LogP contribution >= 0.6 is 11.3 Å². The Morgan fingerprint density at radius 3 is 1.56 bits per heavy atom. The Hall–Kier alpha value is -6.78. The summed E-state index contributed by atoms with van der Waals surface area (Å²) in [6, 6.07) is 83.6. The van der Waals surface area contributed by atoms with Gasteiger partial charge in [0.2, 0.25) is 0 Å². The molecular formula is C54H37NSSi. The van der Waals surface area contributed by atoms with Gasteiger partial charge in [0.15, 0.2) is 8.07 Å². The predicted octanol–water partition coefficient (Wildman–Crippen LogP) is 11.9. The predicted molar refractivity (Wildman–Crippen MR) is 248 cm³/mol. The number of aromatic nitrogens is 1. The van der Waals surface area contributed by atoms with Crippen LogP contribution in [-0.2, 0) is 0 Å². The molecule has 11 aromatic rings. The van der Waals surface area contributed by atoms with Crippen LogP contribution < -0.4 is 20.7 Å². The van der Waals surface area contributed by atoms with Crippen molar-refractivity contribution in [3.05, 3.63) is 224 Å². The Balaban J connectivity index is 1.24. The lowest BCUT2D eigenvalue weighted by atomic mass is 9.97. The van der Waals surface area contributed by atoms with Crippen molar-refractivity contribution in [2.24, 2.45) is 0 Å². The van der Waals surface area contributed by atoms with E-state index in [0.717, 1.165) is 0 Å². The minimum atomic E-state index is -2.87. The van der Waals surface area contributed by atoms with E-state index in [1.54, 1.807) is 0 Å². The monoisotopic (exact) mass is 759 g/mol. The van der Waals surface area contributed by atoms with E-state index >= 15 is 0 Å². The van der Waals surface area contributed by atoms with E-state index in [1.165, 1.54) is 90.7 Å². The summed E-state index contributed by atoms with van der Waals surface area (Å²) in [5, 5.41) is 10.6. The molecule has 0 N–H and O–H groups in total. The smallest absolute Gasteiger partial charge is 0.179 e. The van der Waals surface area contributed by atoms with Crippen molar-refractivity contribution in [2.45, 2.75) is 0 Å². The van der Waals surface area contributed by atoms with Crippen molar-refractivity contribution < 1.29 is 0 Å².